The van der Waals surface area contributed by atoms with Crippen LogP contribution in [0.5, 0.6) is 0 Å². The molecule has 3 heteroatoms. The molecule has 104 valence electrons. The summed E-state index contributed by atoms with van der Waals surface area (Å²) in [6.07, 6.45) is 8.32. The Labute approximate surface area is 111 Å². The Morgan fingerprint density at radius 3 is 2.56 bits per heavy atom. The molecule has 1 unspecified atom stereocenters. The van der Waals surface area contributed by atoms with Crippen LogP contribution >= 0.6 is 0 Å². The Morgan fingerprint density at radius 2 is 2.00 bits per heavy atom. The van der Waals surface area contributed by atoms with E-state index in [0.717, 1.165) is 25.8 Å². The molecule has 1 heterocycles. The first-order valence-corrected chi connectivity index (χ1v) is 7.69. The quantitative estimate of drug-likeness (QED) is 0.763. The largest absolute Gasteiger partial charge is 0.325 e. The van der Waals surface area contributed by atoms with Gasteiger partial charge in [-0.25, -0.2) is 0 Å². The number of carbonyl (C=O) groups excluding carboxylic acids is 1. The highest BCUT2D eigenvalue weighted by molar-refractivity contribution is 5.89. The van der Waals surface area contributed by atoms with Crippen LogP contribution in [0.3, 0.4) is 0 Å². The molecule has 18 heavy (non-hydrogen) atoms. The van der Waals surface area contributed by atoms with Crippen molar-refractivity contribution in [1.29, 1.82) is 0 Å². The van der Waals surface area contributed by atoms with Crippen LogP contribution < -0.4 is 5.32 Å². The number of hydrogen-bond donors (Lipinski definition) is 1. The minimum absolute atomic E-state index is 0.193. The van der Waals surface area contributed by atoms with Gasteiger partial charge in [-0.1, -0.05) is 46.5 Å². The molecular formula is C15H28N2O. The summed E-state index contributed by atoms with van der Waals surface area (Å²) >= 11 is 0. The number of nitrogens with one attached hydrogen (secondary N) is 1. The van der Waals surface area contributed by atoms with Gasteiger partial charge in [-0.2, -0.15) is 0 Å². The van der Waals surface area contributed by atoms with E-state index < -0.39 is 0 Å². The van der Waals surface area contributed by atoms with Crippen molar-refractivity contribution in [2.24, 2.45) is 5.92 Å². The number of amides is 1. The zero-order valence-corrected chi connectivity index (χ0v) is 12.2. The third-order valence-corrected chi connectivity index (χ3v) is 4.52. The molecule has 1 saturated heterocycles. The summed E-state index contributed by atoms with van der Waals surface area (Å²) in [7, 11) is 0. The minimum atomic E-state index is -0.193. The average Bonchev–Trinajstić information content (AvgIpc) is 2.90. The van der Waals surface area contributed by atoms with Crippen LogP contribution in [0, 0.1) is 5.92 Å². The molecule has 1 aliphatic carbocycles. The zero-order valence-electron chi connectivity index (χ0n) is 12.2. The Kier molecular flexibility index (Phi) is 4.31. The lowest BCUT2D eigenvalue weighted by Crippen LogP contribution is -2.45. The van der Waals surface area contributed by atoms with Gasteiger partial charge in [0.15, 0.2) is 0 Å². The first kappa shape index (κ1) is 13.9. The van der Waals surface area contributed by atoms with E-state index in [9.17, 15) is 4.79 Å². The summed E-state index contributed by atoms with van der Waals surface area (Å²) in [6.45, 7) is 7.57. The predicted octanol–water partition coefficient (Wildman–Crippen LogP) is 2.90. The molecule has 3 nitrogen and oxygen atoms in total. The Morgan fingerprint density at radius 1 is 1.33 bits per heavy atom. The van der Waals surface area contributed by atoms with E-state index >= 15 is 0 Å². The van der Waals surface area contributed by atoms with Crippen molar-refractivity contribution in [2.75, 3.05) is 6.54 Å². The van der Waals surface area contributed by atoms with Crippen molar-refractivity contribution >= 4 is 5.91 Å². The molecule has 1 N–H and O–H groups in total. The molecule has 0 aromatic heterocycles. The lowest BCUT2D eigenvalue weighted by atomic mass is 9.98. The molecule has 1 amide bonds. The fraction of sp³-hybridized carbons (Fsp3) is 0.933. The van der Waals surface area contributed by atoms with E-state index in [1.165, 1.54) is 25.7 Å². The maximum absolute atomic E-state index is 12.7. The lowest BCUT2D eigenvalue weighted by Gasteiger charge is -2.27. The predicted molar refractivity (Wildman–Crippen MR) is 74.2 cm³/mol. The monoisotopic (exact) mass is 252 g/mol. The fourth-order valence-electron chi connectivity index (χ4n) is 3.46. The second-order valence-electron chi connectivity index (χ2n) is 6.33. The highest BCUT2D eigenvalue weighted by atomic mass is 16.2. The van der Waals surface area contributed by atoms with Crippen LogP contribution in [0.2, 0.25) is 0 Å². The van der Waals surface area contributed by atoms with E-state index in [-0.39, 0.29) is 11.7 Å². The highest BCUT2D eigenvalue weighted by Crippen LogP contribution is 2.37. The van der Waals surface area contributed by atoms with Crippen LogP contribution in [0.25, 0.3) is 0 Å². The van der Waals surface area contributed by atoms with E-state index in [1.54, 1.807) is 0 Å². The Hall–Kier alpha value is -0.570. The normalized spacial score (nSPS) is 26.8. The van der Waals surface area contributed by atoms with E-state index in [0.29, 0.717) is 11.8 Å². The molecule has 2 fully saturated rings. The molecule has 1 atom stereocenters. The number of carbonyl (C=O) groups is 1. The van der Waals surface area contributed by atoms with Gasteiger partial charge in [0.05, 0.1) is 11.7 Å². The van der Waals surface area contributed by atoms with Crippen molar-refractivity contribution in [2.45, 2.75) is 77.4 Å². The van der Waals surface area contributed by atoms with Gasteiger partial charge in [0.2, 0.25) is 5.91 Å². The third kappa shape index (κ3) is 2.42. The first-order valence-electron chi connectivity index (χ1n) is 7.69. The van der Waals surface area contributed by atoms with Gasteiger partial charge in [0.25, 0.3) is 0 Å². The van der Waals surface area contributed by atoms with Crippen LogP contribution in [0.15, 0.2) is 0 Å². The van der Waals surface area contributed by atoms with Gasteiger partial charge >= 0.3 is 0 Å². The van der Waals surface area contributed by atoms with Crippen molar-refractivity contribution in [3.8, 4) is 0 Å². The third-order valence-electron chi connectivity index (χ3n) is 4.52. The molecule has 1 spiro atoms. The summed E-state index contributed by atoms with van der Waals surface area (Å²) in [4.78, 5) is 14.8. The fourth-order valence-corrected chi connectivity index (χ4v) is 3.46. The first-order chi connectivity index (χ1) is 8.60. The summed E-state index contributed by atoms with van der Waals surface area (Å²) in [5, 5.41) is 3.67. The van der Waals surface area contributed by atoms with Gasteiger partial charge < -0.3 is 4.90 Å². The van der Waals surface area contributed by atoms with Crippen LogP contribution in [0.1, 0.15) is 65.7 Å². The van der Waals surface area contributed by atoms with Gasteiger partial charge in [-0.05, 0) is 25.2 Å². The second kappa shape index (κ2) is 5.60. The average molecular weight is 252 g/mol. The summed E-state index contributed by atoms with van der Waals surface area (Å²) in [6, 6.07) is 0. The van der Waals surface area contributed by atoms with Gasteiger partial charge in [0, 0.05) is 6.54 Å². The second-order valence-corrected chi connectivity index (χ2v) is 6.33. The standard InChI is InChI=1S/C15H28N2O/c1-4-5-8-11-17-13(12(2)3)16-15(14(17)18)9-6-7-10-15/h12-13,16H,4-11H2,1-3H3. The molecule has 0 bridgehead atoms. The molecular weight excluding hydrogens is 224 g/mol. The van der Waals surface area contributed by atoms with Gasteiger partial charge in [0.1, 0.15) is 0 Å². The molecule has 1 aliphatic heterocycles. The number of hydrogen-bond acceptors (Lipinski definition) is 2. The molecule has 1 saturated carbocycles. The smallest absolute Gasteiger partial charge is 0.244 e. The SMILES string of the molecule is CCCCCN1C(=O)C2(CCCC2)NC1C(C)C. The van der Waals surface area contributed by atoms with Gasteiger partial charge in [-0.3, -0.25) is 10.1 Å². The van der Waals surface area contributed by atoms with Crippen LogP contribution in [-0.4, -0.2) is 29.1 Å². The maximum atomic E-state index is 12.7. The molecule has 2 aliphatic rings. The zero-order chi connectivity index (χ0) is 13.2. The number of unbranched alkanes of at least 4 members (excludes halogenated alkanes) is 2. The molecule has 0 radical (unpaired) electrons. The van der Waals surface area contributed by atoms with E-state index in [1.807, 2.05) is 0 Å². The highest BCUT2D eigenvalue weighted by Gasteiger charge is 2.52. The molecule has 0 aromatic rings. The lowest BCUT2D eigenvalue weighted by molar-refractivity contribution is -0.133. The van der Waals surface area contributed by atoms with Crippen molar-refractivity contribution in [1.82, 2.24) is 10.2 Å². The molecule has 2 rings (SSSR count). The van der Waals surface area contributed by atoms with Crippen molar-refractivity contribution in [3.05, 3.63) is 0 Å². The van der Waals surface area contributed by atoms with Crippen molar-refractivity contribution in [3.63, 3.8) is 0 Å². The summed E-state index contributed by atoms with van der Waals surface area (Å²) in [5.41, 5.74) is -0.193. The topological polar surface area (TPSA) is 32.3 Å². The van der Waals surface area contributed by atoms with Crippen LogP contribution in [-0.2, 0) is 4.79 Å². The Bertz CT molecular complexity index is 295. The van der Waals surface area contributed by atoms with Crippen LogP contribution in [0.4, 0.5) is 0 Å². The van der Waals surface area contributed by atoms with Crippen molar-refractivity contribution < 1.29 is 4.79 Å². The van der Waals surface area contributed by atoms with E-state index in [4.69, 9.17) is 0 Å². The molecule has 0 aromatic carbocycles. The van der Waals surface area contributed by atoms with E-state index in [2.05, 4.69) is 31.0 Å². The maximum Gasteiger partial charge on any atom is 0.244 e. The number of nitrogens with zero attached hydrogens (tertiary/aromatic N) is 1. The minimum Gasteiger partial charge on any atom is -0.325 e. The Balaban J connectivity index is 2.07. The summed E-state index contributed by atoms with van der Waals surface area (Å²) < 4.78 is 0. The van der Waals surface area contributed by atoms with Gasteiger partial charge in [-0.15, -0.1) is 0 Å². The summed E-state index contributed by atoms with van der Waals surface area (Å²) in [5.74, 6) is 0.880. The number of rotatable bonds is 5.